The summed E-state index contributed by atoms with van der Waals surface area (Å²) in [6, 6.07) is 10.1. The van der Waals surface area contributed by atoms with Crippen LogP contribution < -0.4 is 5.73 Å². The van der Waals surface area contributed by atoms with Gasteiger partial charge in [0.05, 0.1) is 6.61 Å². The van der Waals surface area contributed by atoms with Crippen LogP contribution in [0.3, 0.4) is 0 Å². The smallest absolute Gasteiger partial charge is 0.251 e. The number of nitrogens with two attached hydrogens (primary N) is 1. The maximum atomic E-state index is 12.6. The van der Waals surface area contributed by atoms with E-state index in [1.807, 2.05) is 42.2 Å². The van der Waals surface area contributed by atoms with Crippen LogP contribution >= 0.6 is 0 Å². The summed E-state index contributed by atoms with van der Waals surface area (Å²) in [6.07, 6.45) is 1.77. The van der Waals surface area contributed by atoms with Gasteiger partial charge in [-0.2, -0.15) is 0 Å². The molecule has 2 N–H and O–H groups in total. The van der Waals surface area contributed by atoms with Gasteiger partial charge in [-0.05, 0) is 31.2 Å². The number of hydrogen-bond acceptors (Lipinski definition) is 3. The van der Waals surface area contributed by atoms with Gasteiger partial charge in [0.2, 0.25) is 0 Å². The molecule has 4 heteroatoms. The molecule has 21 heavy (non-hydrogen) atoms. The molecule has 1 aliphatic heterocycles. The maximum Gasteiger partial charge on any atom is 0.251 e. The first kappa shape index (κ1) is 16.0. The number of likely N-dealkylation sites (tertiary alicyclic amines) is 1. The van der Waals surface area contributed by atoms with Crippen LogP contribution in [0.15, 0.2) is 30.3 Å². The molecular weight excluding hydrogens is 264 g/mol. The van der Waals surface area contributed by atoms with Crippen molar-refractivity contribution in [3.63, 3.8) is 0 Å². The quantitative estimate of drug-likeness (QED) is 0.904. The summed E-state index contributed by atoms with van der Waals surface area (Å²) >= 11 is 0. The van der Waals surface area contributed by atoms with Crippen LogP contribution in [0.2, 0.25) is 0 Å². The highest BCUT2D eigenvalue weighted by molar-refractivity contribution is 5.81. The molecule has 1 saturated heterocycles. The second-order valence-electron chi connectivity index (χ2n) is 5.89. The van der Waals surface area contributed by atoms with E-state index in [-0.39, 0.29) is 11.9 Å². The summed E-state index contributed by atoms with van der Waals surface area (Å²) in [5.41, 5.74) is 6.94. The Balaban J connectivity index is 1.92. The van der Waals surface area contributed by atoms with E-state index in [1.165, 1.54) is 0 Å². The first-order valence-corrected chi connectivity index (χ1v) is 7.79. The van der Waals surface area contributed by atoms with Gasteiger partial charge in [0, 0.05) is 19.1 Å². The average molecular weight is 290 g/mol. The molecule has 0 bridgehead atoms. The van der Waals surface area contributed by atoms with Crippen LogP contribution in [-0.2, 0) is 16.1 Å². The molecule has 1 aliphatic rings. The molecule has 0 unspecified atom stereocenters. The minimum absolute atomic E-state index is 0.0629. The van der Waals surface area contributed by atoms with Gasteiger partial charge in [0.25, 0.3) is 5.91 Å². The zero-order chi connectivity index (χ0) is 15.2. The Morgan fingerprint density at radius 1 is 1.43 bits per heavy atom. The van der Waals surface area contributed by atoms with Crippen molar-refractivity contribution in [1.29, 1.82) is 0 Å². The molecule has 4 nitrogen and oxygen atoms in total. The summed E-state index contributed by atoms with van der Waals surface area (Å²) in [5, 5.41) is 0. The van der Waals surface area contributed by atoms with Gasteiger partial charge in [0.1, 0.15) is 6.10 Å². The third-order valence-corrected chi connectivity index (χ3v) is 4.33. The average Bonchev–Trinajstić information content (AvgIpc) is 2.52. The SMILES string of the molecule is C[C@H](OCc1ccccc1)C(=O)N1CCC[C@@H](C)[C@@H]1CN. The number of rotatable bonds is 5. The Bertz CT molecular complexity index is 449. The summed E-state index contributed by atoms with van der Waals surface area (Å²) in [5.74, 6) is 0.530. The van der Waals surface area contributed by atoms with Crippen molar-refractivity contribution >= 4 is 5.91 Å². The number of hydrogen-bond donors (Lipinski definition) is 1. The predicted octanol–water partition coefficient (Wildman–Crippen LogP) is 2.18. The molecule has 116 valence electrons. The molecule has 0 spiro atoms. The molecule has 1 amide bonds. The van der Waals surface area contributed by atoms with E-state index in [2.05, 4.69) is 6.92 Å². The standard InChI is InChI=1S/C17H26N2O2/c1-13-7-6-10-19(16(13)11-18)17(20)14(2)21-12-15-8-4-3-5-9-15/h3-5,8-9,13-14,16H,6-7,10-12,18H2,1-2H3/t13-,14+,16+/m1/s1. The summed E-state index contributed by atoms with van der Waals surface area (Å²) in [6.45, 7) is 5.79. The van der Waals surface area contributed by atoms with Crippen molar-refractivity contribution in [2.75, 3.05) is 13.1 Å². The van der Waals surface area contributed by atoms with Crippen molar-refractivity contribution in [3.8, 4) is 0 Å². The zero-order valence-corrected chi connectivity index (χ0v) is 13.0. The van der Waals surface area contributed by atoms with Gasteiger partial charge < -0.3 is 15.4 Å². The van der Waals surface area contributed by atoms with Gasteiger partial charge in [-0.3, -0.25) is 4.79 Å². The molecule has 1 heterocycles. The summed E-state index contributed by atoms with van der Waals surface area (Å²) < 4.78 is 5.74. The largest absolute Gasteiger partial charge is 0.364 e. The molecule has 0 aliphatic carbocycles. The summed E-state index contributed by atoms with van der Waals surface area (Å²) in [4.78, 5) is 14.5. The Labute approximate surface area is 127 Å². The van der Waals surface area contributed by atoms with E-state index in [4.69, 9.17) is 10.5 Å². The lowest BCUT2D eigenvalue weighted by Crippen LogP contribution is -2.54. The van der Waals surface area contributed by atoms with Gasteiger partial charge in [-0.25, -0.2) is 0 Å². The monoisotopic (exact) mass is 290 g/mol. The summed E-state index contributed by atoms with van der Waals surface area (Å²) in [7, 11) is 0. The fourth-order valence-electron chi connectivity index (χ4n) is 2.98. The topological polar surface area (TPSA) is 55.6 Å². The van der Waals surface area contributed by atoms with Gasteiger partial charge in [-0.15, -0.1) is 0 Å². The van der Waals surface area contributed by atoms with Crippen LogP contribution in [0.5, 0.6) is 0 Å². The maximum absolute atomic E-state index is 12.6. The number of piperidine rings is 1. The number of carbonyl (C=O) groups is 1. The third-order valence-electron chi connectivity index (χ3n) is 4.33. The van der Waals surface area contributed by atoms with Crippen LogP contribution in [0.1, 0.15) is 32.3 Å². The Morgan fingerprint density at radius 3 is 2.81 bits per heavy atom. The number of benzene rings is 1. The highest BCUT2D eigenvalue weighted by atomic mass is 16.5. The van der Waals surface area contributed by atoms with Crippen molar-refractivity contribution in [2.45, 2.75) is 45.4 Å². The fraction of sp³-hybridized carbons (Fsp3) is 0.588. The third kappa shape index (κ3) is 4.05. The molecule has 1 aromatic carbocycles. The lowest BCUT2D eigenvalue weighted by atomic mass is 9.90. The van der Waals surface area contributed by atoms with Gasteiger partial charge in [0.15, 0.2) is 0 Å². The van der Waals surface area contributed by atoms with E-state index in [0.717, 1.165) is 24.9 Å². The van der Waals surface area contributed by atoms with Crippen molar-refractivity contribution in [2.24, 2.45) is 11.7 Å². The van der Waals surface area contributed by atoms with Crippen molar-refractivity contribution in [3.05, 3.63) is 35.9 Å². The lowest BCUT2D eigenvalue weighted by molar-refractivity contribution is -0.148. The Kier molecular flexibility index (Phi) is 5.76. The highest BCUT2D eigenvalue weighted by Gasteiger charge is 2.33. The molecule has 0 saturated carbocycles. The minimum atomic E-state index is -0.426. The number of carbonyl (C=O) groups excluding carboxylic acids is 1. The highest BCUT2D eigenvalue weighted by Crippen LogP contribution is 2.23. The van der Waals surface area contributed by atoms with Crippen molar-refractivity contribution < 1.29 is 9.53 Å². The molecule has 0 radical (unpaired) electrons. The van der Waals surface area contributed by atoms with Crippen LogP contribution in [-0.4, -0.2) is 36.0 Å². The number of ether oxygens (including phenoxy) is 1. The first-order valence-electron chi connectivity index (χ1n) is 7.79. The van der Waals surface area contributed by atoms with Crippen molar-refractivity contribution in [1.82, 2.24) is 4.90 Å². The van der Waals surface area contributed by atoms with E-state index in [9.17, 15) is 4.79 Å². The lowest BCUT2D eigenvalue weighted by Gasteiger charge is -2.40. The van der Waals surface area contributed by atoms with Crippen LogP contribution in [0, 0.1) is 5.92 Å². The molecule has 1 aromatic rings. The second-order valence-corrected chi connectivity index (χ2v) is 5.89. The molecule has 1 fully saturated rings. The van der Waals surface area contributed by atoms with E-state index in [1.54, 1.807) is 0 Å². The molecule has 0 aromatic heterocycles. The van der Waals surface area contributed by atoms with E-state index < -0.39 is 6.10 Å². The number of nitrogens with zero attached hydrogens (tertiary/aromatic N) is 1. The Hall–Kier alpha value is -1.39. The fourth-order valence-corrected chi connectivity index (χ4v) is 2.98. The van der Waals surface area contributed by atoms with E-state index in [0.29, 0.717) is 19.1 Å². The predicted molar refractivity (Wildman–Crippen MR) is 83.6 cm³/mol. The molecule has 2 rings (SSSR count). The molecule has 3 atom stereocenters. The van der Waals surface area contributed by atoms with E-state index >= 15 is 0 Å². The normalized spacial score (nSPS) is 23.9. The first-order chi connectivity index (χ1) is 10.1. The number of amides is 1. The van der Waals surface area contributed by atoms with Crippen LogP contribution in [0.4, 0.5) is 0 Å². The molecular formula is C17H26N2O2. The van der Waals surface area contributed by atoms with Gasteiger partial charge >= 0.3 is 0 Å². The Morgan fingerprint density at radius 2 is 2.14 bits per heavy atom. The zero-order valence-electron chi connectivity index (χ0n) is 13.0. The van der Waals surface area contributed by atoms with Gasteiger partial charge in [-0.1, -0.05) is 37.3 Å². The van der Waals surface area contributed by atoms with Crippen LogP contribution in [0.25, 0.3) is 0 Å². The second kappa shape index (κ2) is 7.57. The minimum Gasteiger partial charge on any atom is -0.364 e.